The van der Waals surface area contributed by atoms with Crippen molar-refractivity contribution in [3.05, 3.63) is 48.6 Å². The Morgan fingerprint density at radius 2 is 1.42 bits per heavy atom. The van der Waals surface area contributed by atoms with Crippen molar-refractivity contribution in [1.82, 2.24) is 0 Å². The topological polar surface area (TPSA) is 77.8 Å². The van der Waals surface area contributed by atoms with Gasteiger partial charge in [-0.1, -0.05) is 74.8 Å². The summed E-state index contributed by atoms with van der Waals surface area (Å²) in [5.41, 5.74) is 0. The van der Waals surface area contributed by atoms with Crippen LogP contribution in [0.3, 0.4) is 0 Å². The largest absolute Gasteiger partial charge is 0.481 e. The van der Waals surface area contributed by atoms with Crippen LogP contribution in [-0.2, 0) is 4.79 Å². The van der Waals surface area contributed by atoms with Gasteiger partial charge in [-0.05, 0) is 25.7 Å². The highest BCUT2D eigenvalue weighted by Gasteiger charge is 2.01. The zero-order valence-corrected chi connectivity index (χ0v) is 14.7. The van der Waals surface area contributed by atoms with Gasteiger partial charge in [0.2, 0.25) is 0 Å². The Kier molecular flexibility index (Phi) is 15.1. The average Bonchev–Trinajstić information content (AvgIpc) is 2.53. The Morgan fingerprint density at radius 1 is 0.875 bits per heavy atom. The molecule has 0 aromatic rings. The number of aliphatic hydroxyl groups is 2. The van der Waals surface area contributed by atoms with Crippen molar-refractivity contribution in [2.24, 2.45) is 0 Å². The highest BCUT2D eigenvalue weighted by atomic mass is 16.4. The van der Waals surface area contributed by atoms with Crippen LogP contribution in [0, 0.1) is 0 Å². The number of carboxylic acid groups (broad SMARTS) is 1. The van der Waals surface area contributed by atoms with Crippen LogP contribution >= 0.6 is 0 Å². The Balaban J connectivity index is 3.75. The van der Waals surface area contributed by atoms with Crippen LogP contribution in [0.25, 0.3) is 0 Å². The first-order valence-electron chi connectivity index (χ1n) is 8.80. The Bertz CT molecular complexity index is 421. The van der Waals surface area contributed by atoms with E-state index >= 15 is 0 Å². The fourth-order valence-corrected chi connectivity index (χ4v) is 2.04. The lowest BCUT2D eigenvalue weighted by atomic mass is 10.1. The lowest BCUT2D eigenvalue weighted by Crippen LogP contribution is -2.03. The second-order valence-electron chi connectivity index (χ2n) is 5.78. The Hall–Kier alpha value is -1.65. The summed E-state index contributed by atoms with van der Waals surface area (Å²) < 4.78 is 0. The number of hydrogen-bond acceptors (Lipinski definition) is 3. The quantitative estimate of drug-likeness (QED) is 0.329. The molecule has 4 nitrogen and oxygen atoms in total. The van der Waals surface area contributed by atoms with Crippen LogP contribution in [-0.4, -0.2) is 33.5 Å². The van der Waals surface area contributed by atoms with Crippen molar-refractivity contribution >= 4 is 5.97 Å². The lowest BCUT2D eigenvalue weighted by Gasteiger charge is -2.02. The molecule has 3 N–H and O–H groups in total. The normalized spacial score (nSPS) is 15.1. The summed E-state index contributed by atoms with van der Waals surface area (Å²) in [7, 11) is 0. The monoisotopic (exact) mass is 336 g/mol. The molecule has 0 fully saturated rings. The average molecular weight is 336 g/mol. The van der Waals surface area contributed by atoms with Gasteiger partial charge in [0, 0.05) is 6.42 Å². The molecule has 0 heterocycles. The van der Waals surface area contributed by atoms with Crippen LogP contribution in [0.2, 0.25) is 0 Å². The molecule has 1 unspecified atom stereocenters. The Morgan fingerprint density at radius 3 is 1.92 bits per heavy atom. The van der Waals surface area contributed by atoms with E-state index in [4.69, 9.17) is 5.11 Å². The van der Waals surface area contributed by atoms with E-state index in [0.29, 0.717) is 12.8 Å². The second-order valence-corrected chi connectivity index (χ2v) is 5.78. The van der Waals surface area contributed by atoms with Crippen molar-refractivity contribution in [3.8, 4) is 0 Å². The molecule has 0 rings (SSSR count). The van der Waals surface area contributed by atoms with Gasteiger partial charge in [-0.25, -0.2) is 0 Å². The Labute approximate surface area is 145 Å². The lowest BCUT2D eigenvalue weighted by molar-refractivity contribution is -0.137. The van der Waals surface area contributed by atoms with Crippen LogP contribution in [0.5, 0.6) is 0 Å². The molecule has 0 aromatic carbocycles. The highest BCUT2D eigenvalue weighted by Crippen LogP contribution is 2.04. The molecule has 136 valence electrons. The summed E-state index contributed by atoms with van der Waals surface area (Å²) in [5, 5.41) is 27.8. The molecule has 0 spiro atoms. The number of carbonyl (C=O) groups is 1. The molecular weight excluding hydrogens is 304 g/mol. The minimum atomic E-state index is -0.833. The smallest absolute Gasteiger partial charge is 0.303 e. The third kappa shape index (κ3) is 16.7. The highest BCUT2D eigenvalue weighted by molar-refractivity contribution is 5.66. The molecule has 4 heteroatoms. The zero-order chi connectivity index (χ0) is 18.0. The molecule has 24 heavy (non-hydrogen) atoms. The fourth-order valence-electron chi connectivity index (χ4n) is 2.04. The number of hydrogen-bond donors (Lipinski definition) is 3. The van der Waals surface area contributed by atoms with Gasteiger partial charge >= 0.3 is 5.97 Å². The molecule has 0 amide bonds. The molecule has 0 aliphatic rings. The molecule has 0 aliphatic carbocycles. The van der Waals surface area contributed by atoms with Crippen LogP contribution in [0.1, 0.15) is 58.3 Å². The van der Waals surface area contributed by atoms with Crippen LogP contribution in [0.15, 0.2) is 48.6 Å². The minimum absolute atomic E-state index is 0.0896. The number of carboxylic acids is 1. The summed E-state index contributed by atoms with van der Waals surface area (Å²) in [6, 6.07) is 0. The van der Waals surface area contributed by atoms with Gasteiger partial charge in [0.15, 0.2) is 0 Å². The first-order chi connectivity index (χ1) is 11.6. The summed E-state index contributed by atoms with van der Waals surface area (Å²) >= 11 is 0. The maximum absolute atomic E-state index is 10.3. The van der Waals surface area contributed by atoms with E-state index in [2.05, 4.69) is 6.92 Å². The standard InChI is InChI=1S/C20H32O4/c1-2-3-9-13-18(21)14-10-7-5-4-6-8-11-15-19(22)16-12-17-20(23)24/h5-8,10-11,14-15,18-19,21-22H,2-4,9,12-13,16-17H2,1H3,(H,23,24)/b7-5-,8-6-,14-10+,15-11+/t18-,19?/m0/s1. The van der Waals surface area contributed by atoms with Gasteiger partial charge in [0.1, 0.15) is 0 Å². The predicted molar refractivity (Wildman–Crippen MR) is 98.8 cm³/mol. The molecule has 0 bridgehead atoms. The van der Waals surface area contributed by atoms with Crippen molar-refractivity contribution in [1.29, 1.82) is 0 Å². The van der Waals surface area contributed by atoms with Crippen molar-refractivity contribution in [3.63, 3.8) is 0 Å². The van der Waals surface area contributed by atoms with E-state index < -0.39 is 12.1 Å². The molecule has 0 aromatic heterocycles. The van der Waals surface area contributed by atoms with Crippen molar-refractivity contribution in [2.75, 3.05) is 0 Å². The number of aliphatic hydroxyl groups excluding tert-OH is 2. The molecule has 0 saturated heterocycles. The van der Waals surface area contributed by atoms with Gasteiger partial charge in [-0.3, -0.25) is 4.79 Å². The maximum Gasteiger partial charge on any atom is 0.303 e. The third-order valence-electron chi connectivity index (χ3n) is 3.43. The van der Waals surface area contributed by atoms with E-state index in [1.807, 2.05) is 36.5 Å². The van der Waals surface area contributed by atoms with Gasteiger partial charge in [0.25, 0.3) is 0 Å². The van der Waals surface area contributed by atoms with Crippen molar-refractivity contribution in [2.45, 2.75) is 70.5 Å². The first-order valence-corrected chi connectivity index (χ1v) is 8.80. The van der Waals surface area contributed by atoms with Crippen LogP contribution < -0.4 is 0 Å². The third-order valence-corrected chi connectivity index (χ3v) is 3.43. The first kappa shape index (κ1) is 22.4. The van der Waals surface area contributed by atoms with Crippen molar-refractivity contribution < 1.29 is 20.1 Å². The number of unbranched alkanes of at least 4 members (excludes halogenated alkanes) is 2. The van der Waals surface area contributed by atoms with E-state index in [9.17, 15) is 15.0 Å². The SMILES string of the molecule is CCCCC[C@H](O)/C=C/C=C\C/C=C\C=C\C(O)CCCC(=O)O. The predicted octanol–water partition coefficient (Wildman–Crippen LogP) is 4.16. The maximum atomic E-state index is 10.3. The van der Waals surface area contributed by atoms with E-state index in [1.54, 1.807) is 12.2 Å². The number of allylic oxidation sites excluding steroid dienone is 6. The summed E-state index contributed by atoms with van der Waals surface area (Å²) in [4.78, 5) is 10.3. The summed E-state index contributed by atoms with van der Waals surface area (Å²) in [6.45, 7) is 2.15. The molecule has 0 aliphatic heterocycles. The zero-order valence-electron chi connectivity index (χ0n) is 14.7. The van der Waals surface area contributed by atoms with Gasteiger partial charge in [0.05, 0.1) is 12.2 Å². The van der Waals surface area contributed by atoms with Gasteiger partial charge < -0.3 is 15.3 Å². The van der Waals surface area contributed by atoms with E-state index in [1.165, 1.54) is 0 Å². The summed E-state index contributed by atoms with van der Waals surface area (Å²) in [5.74, 6) is -0.833. The number of aliphatic carboxylic acids is 1. The molecule has 0 saturated carbocycles. The minimum Gasteiger partial charge on any atom is -0.481 e. The van der Waals surface area contributed by atoms with Gasteiger partial charge in [-0.15, -0.1) is 0 Å². The van der Waals surface area contributed by atoms with Crippen LogP contribution in [0.4, 0.5) is 0 Å². The summed E-state index contributed by atoms with van der Waals surface area (Å²) in [6.07, 6.45) is 19.9. The molecule has 2 atom stereocenters. The molecular formula is C20H32O4. The molecule has 0 radical (unpaired) electrons. The van der Waals surface area contributed by atoms with E-state index in [0.717, 1.165) is 32.1 Å². The van der Waals surface area contributed by atoms with E-state index in [-0.39, 0.29) is 12.5 Å². The second kappa shape index (κ2) is 16.2. The fraction of sp³-hybridized carbons (Fsp3) is 0.550. The van der Waals surface area contributed by atoms with Gasteiger partial charge in [-0.2, -0.15) is 0 Å². The number of rotatable bonds is 14.